The van der Waals surface area contributed by atoms with Gasteiger partial charge in [0.1, 0.15) is 5.76 Å². The summed E-state index contributed by atoms with van der Waals surface area (Å²) < 4.78 is 0. The van der Waals surface area contributed by atoms with Crippen molar-refractivity contribution in [3.05, 3.63) is 35.3 Å². The molecule has 12 heavy (non-hydrogen) atoms. The summed E-state index contributed by atoms with van der Waals surface area (Å²) in [5, 5.41) is 21.1. The highest BCUT2D eigenvalue weighted by atomic mass is 16.3. The van der Waals surface area contributed by atoms with Crippen LogP contribution in [0.15, 0.2) is 35.3 Å². The lowest BCUT2D eigenvalue weighted by Crippen LogP contribution is -2.08. The Bertz CT molecular complexity index is 264. The molecule has 3 nitrogen and oxygen atoms in total. The highest BCUT2D eigenvalue weighted by Gasteiger charge is 2.08. The Balaban J connectivity index is 2.79. The first-order valence-corrected chi connectivity index (χ1v) is 3.79. The molecule has 66 valence electrons. The molecular weight excluding hydrogens is 154 g/mol. The summed E-state index contributed by atoms with van der Waals surface area (Å²) in [6.07, 6.45) is 1.54. The summed E-state index contributed by atoms with van der Waals surface area (Å²) in [6, 6.07) is 0. The van der Waals surface area contributed by atoms with Crippen LogP contribution in [-0.4, -0.2) is 23.3 Å². The summed E-state index contributed by atoms with van der Waals surface area (Å²) in [5.74, 6) is -0.449. The van der Waals surface area contributed by atoms with E-state index >= 15 is 0 Å². The second kappa shape index (κ2) is 3.45. The van der Waals surface area contributed by atoms with Crippen molar-refractivity contribution in [2.45, 2.75) is 6.92 Å². The third-order valence-corrected chi connectivity index (χ3v) is 1.86. The van der Waals surface area contributed by atoms with Crippen LogP contribution in [0.3, 0.4) is 0 Å². The number of nitrogens with one attached hydrogen (secondary N) is 1. The molecule has 0 atom stereocenters. The van der Waals surface area contributed by atoms with Gasteiger partial charge in [-0.2, -0.15) is 0 Å². The first kappa shape index (κ1) is 8.87. The molecule has 1 heterocycles. The third kappa shape index (κ3) is 1.89. The number of aliphatic hydroxyl groups is 2. The fourth-order valence-corrected chi connectivity index (χ4v) is 1.07. The molecule has 1 rings (SSSR count). The van der Waals surface area contributed by atoms with Gasteiger partial charge in [0.15, 0.2) is 5.76 Å². The maximum absolute atomic E-state index is 9.15. The van der Waals surface area contributed by atoms with Crippen LogP contribution in [-0.2, 0) is 0 Å². The van der Waals surface area contributed by atoms with Crippen LogP contribution in [0.1, 0.15) is 6.92 Å². The normalized spacial score (nSPS) is 18.6. The molecule has 0 amide bonds. The van der Waals surface area contributed by atoms with Gasteiger partial charge in [-0.3, -0.25) is 0 Å². The van der Waals surface area contributed by atoms with Crippen LogP contribution in [0.5, 0.6) is 0 Å². The lowest BCUT2D eigenvalue weighted by Gasteiger charge is -1.98. The van der Waals surface area contributed by atoms with Gasteiger partial charge in [0, 0.05) is 13.1 Å². The van der Waals surface area contributed by atoms with Crippen molar-refractivity contribution in [2.24, 2.45) is 0 Å². The molecule has 0 aromatic rings. The molecular formula is C9H13NO2. The number of aliphatic hydroxyl groups excluding tert-OH is 2. The molecule has 0 fully saturated rings. The van der Waals surface area contributed by atoms with Crippen molar-refractivity contribution >= 4 is 0 Å². The van der Waals surface area contributed by atoms with E-state index in [1.165, 1.54) is 11.6 Å². The largest absolute Gasteiger partial charge is 0.505 e. The van der Waals surface area contributed by atoms with Crippen molar-refractivity contribution in [3.63, 3.8) is 0 Å². The van der Waals surface area contributed by atoms with E-state index in [9.17, 15) is 0 Å². The first-order chi connectivity index (χ1) is 5.61. The molecule has 0 spiro atoms. The SMILES string of the molecule is C=C(O)/C(O)=C\C1=C(C)CNC1. The predicted molar refractivity (Wildman–Crippen MR) is 48.1 cm³/mol. The summed E-state index contributed by atoms with van der Waals surface area (Å²) in [7, 11) is 0. The number of rotatable bonds is 2. The van der Waals surface area contributed by atoms with E-state index in [-0.39, 0.29) is 11.5 Å². The zero-order chi connectivity index (χ0) is 9.14. The minimum absolute atomic E-state index is 0.159. The maximum atomic E-state index is 9.15. The van der Waals surface area contributed by atoms with Crippen LogP contribution in [0.2, 0.25) is 0 Å². The van der Waals surface area contributed by atoms with E-state index in [1.54, 1.807) is 0 Å². The molecule has 0 aliphatic carbocycles. The van der Waals surface area contributed by atoms with Gasteiger partial charge in [-0.1, -0.05) is 12.2 Å². The maximum Gasteiger partial charge on any atom is 0.157 e. The molecule has 0 bridgehead atoms. The highest BCUT2D eigenvalue weighted by molar-refractivity contribution is 5.35. The van der Waals surface area contributed by atoms with Crippen molar-refractivity contribution in [1.29, 1.82) is 0 Å². The molecule has 0 aromatic carbocycles. The van der Waals surface area contributed by atoms with Crippen LogP contribution in [0.25, 0.3) is 0 Å². The zero-order valence-electron chi connectivity index (χ0n) is 7.09. The smallest absolute Gasteiger partial charge is 0.157 e. The Labute approximate surface area is 71.7 Å². The standard InChI is InChI=1S/C9H13NO2/c1-6-4-10-5-8(6)3-9(12)7(2)11/h3,10-12H,2,4-5H2,1H3/b9-3+. The molecule has 0 radical (unpaired) electrons. The summed E-state index contributed by atoms with van der Waals surface area (Å²) >= 11 is 0. The molecule has 0 saturated heterocycles. The molecule has 0 saturated carbocycles. The first-order valence-electron chi connectivity index (χ1n) is 3.79. The van der Waals surface area contributed by atoms with E-state index in [0.717, 1.165) is 18.7 Å². The van der Waals surface area contributed by atoms with Crippen molar-refractivity contribution < 1.29 is 10.2 Å². The minimum atomic E-state index is -0.290. The monoisotopic (exact) mass is 167 g/mol. The Morgan fingerprint density at radius 1 is 1.50 bits per heavy atom. The van der Waals surface area contributed by atoms with Crippen LogP contribution < -0.4 is 5.32 Å². The lowest BCUT2D eigenvalue weighted by atomic mass is 10.1. The van der Waals surface area contributed by atoms with Crippen molar-refractivity contribution in [2.75, 3.05) is 13.1 Å². The second-order valence-electron chi connectivity index (χ2n) is 2.89. The van der Waals surface area contributed by atoms with E-state index in [0.29, 0.717) is 0 Å². The molecule has 3 heteroatoms. The van der Waals surface area contributed by atoms with E-state index in [1.807, 2.05) is 6.92 Å². The van der Waals surface area contributed by atoms with Crippen LogP contribution in [0.4, 0.5) is 0 Å². The van der Waals surface area contributed by atoms with Gasteiger partial charge in [0.05, 0.1) is 0 Å². The average molecular weight is 167 g/mol. The van der Waals surface area contributed by atoms with Crippen molar-refractivity contribution in [3.8, 4) is 0 Å². The molecule has 0 aromatic heterocycles. The van der Waals surface area contributed by atoms with Gasteiger partial charge in [-0.15, -0.1) is 0 Å². The minimum Gasteiger partial charge on any atom is -0.505 e. The summed E-state index contributed by atoms with van der Waals surface area (Å²) in [5.41, 5.74) is 2.20. The third-order valence-electron chi connectivity index (χ3n) is 1.86. The quantitative estimate of drug-likeness (QED) is 0.430. The lowest BCUT2D eigenvalue weighted by molar-refractivity contribution is 0.328. The average Bonchev–Trinajstić information content (AvgIpc) is 2.36. The fraction of sp³-hybridized carbons (Fsp3) is 0.333. The van der Waals surface area contributed by atoms with E-state index in [4.69, 9.17) is 10.2 Å². The van der Waals surface area contributed by atoms with Gasteiger partial charge in [0.25, 0.3) is 0 Å². The Hall–Kier alpha value is -1.22. The Kier molecular flexibility index (Phi) is 2.55. The van der Waals surface area contributed by atoms with Crippen molar-refractivity contribution in [1.82, 2.24) is 5.32 Å². The summed E-state index contributed by atoms with van der Waals surface area (Å²) in [6.45, 7) is 6.79. The summed E-state index contributed by atoms with van der Waals surface area (Å²) in [4.78, 5) is 0. The fourth-order valence-electron chi connectivity index (χ4n) is 1.07. The van der Waals surface area contributed by atoms with E-state index in [2.05, 4.69) is 11.9 Å². The number of hydrogen-bond donors (Lipinski definition) is 3. The molecule has 0 unspecified atom stereocenters. The highest BCUT2D eigenvalue weighted by Crippen LogP contribution is 2.13. The second-order valence-corrected chi connectivity index (χ2v) is 2.89. The van der Waals surface area contributed by atoms with Crippen LogP contribution >= 0.6 is 0 Å². The van der Waals surface area contributed by atoms with Gasteiger partial charge in [-0.05, 0) is 18.6 Å². The Morgan fingerprint density at radius 2 is 2.17 bits per heavy atom. The number of hydrogen-bond acceptors (Lipinski definition) is 3. The molecule has 1 aliphatic heterocycles. The molecule has 1 aliphatic rings. The van der Waals surface area contributed by atoms with Gasteiger partial charge in [0.2, 0.25) is 0 Å². The zero-order valence-corrected chi connectivity index (χ0v) is 7.09. The molecule has 3 N–H and O–H groups in total. The van der Waals surface area contributed by atoms with E-state index < -0.39 is 0 Å². The topological polar surface area (TPSA) is 52.5 Å². The van der Waals surface area contributed by atoms with Gasteiger partial charge < -0.3 is 15.5 Å². The predicted octanol–water partition coefficient (Wildman–Crippen LogP) is 1.42. The van der Waals surface area contributed by atoms with Crippen LogP contribution in [0, 0.1) is 0 Å². The van der Waals surface area contributed by atoms with Gasteiger partial charge in [-0.25, -0.2) is 0 Å². The Morgan fingerprint density at radius 3 is 2.58 bits per heavy atom. The van der Waals surface area contributed by atoms with Gasteiger partial charge >= 0.3 is 0 Å².